The van der Waals surface area contributed by atoms with Gasteiger partial charge in [-0.25, -0.2) is 0 Å². The van der Waals surface area contributed by atoms with Crippen molar-refractivity contribution in [2.45, 2.75) is 75.7 Å². The van der Waals surface area contributed by atoms with Crippen molar-refractivity contribution < 1.29 is 62.3 Å². The van der Waals surface area contributed by atoms with E-state index in [1.807, 2.05) is 0 Å². The molecule has 1 saturated heterocycles. The van der Waals surface area contributed by atoms with Crippen molar-refractivity contribution in [3.8, 4) is 0 Å². The summed E-state index contributed by atoms with van der Waals surface area (Å²) in [5.74, 6) is -8.09. The number of amides is 1. The molecule has 0 spiro atoms. The molecular weight excluding hydrogens is 613 g/mol. The molecule has 15 heteroatoms. The van der Waals surface area contributed by atoms with Gasteiger partial charge in [-0.3, -0.25) is 0 Å². The minimum atomic E-state index is -2.81. The van der Waals surface area contributed by atoms with Gasteiger partial charge in [0.15, 0.2) is 0 Å². The number of nitrogens with one attached hydrogen (secondary N) is 1. The summed E-state index contributed by atoms with van der Waals surface area (Å²) in [4.78, 5) is 72.3. The van der Waals surface area contributed by atoms with Gasteiger partial charge in [-0.15, -0.1) is 0 Å². The number of rotatable bonds is 11. The predicted octanol–water partition coefficient (Wildman–Crippen LogP) is -1.07. The molecule has 2 rings (SSSR count). The van der Waals surface area contributed by atoms with E-state index in [1.54, 1.807) is 30.3 Å². The van der Waals surface area contributed by atoms with E-state index in [-0.39, 0.29) is 0 Å². The Morgan fingerprint density at radius 3 is 2.05 bits per heavy atom. The van der Waals surface area contributed by atoms with Gasteiger partial charge in [-0.05, 0) is 0 Å². The Bertz CT molecular complexity index is 1130. The minimum absolute atomic E-state index is 0.633. The molecule has 41 heavy (non-hydrogen) atoms. The zero-order valence-electron chi connectivity index (χ0n) is 23.3. The van der Waals surface area contributed by atoms with Gasteiger partial charge in [-0.1, -0.05) is 0 Å². The van der Waals surface area contributed by atoms with Crippen LogP contribution in [0.4, 0.5) is 0 Å². The Morgan fingerprint density at radius 1 is 0.951 bits per heavy atom. The van der Waals surface area contributed by atoms with E-state index in [2.05, 4.69) is 5.32 Å². The van der Waals surface area contributed by atoms with E-state index in [9.17, 15) is 33.9 Å². The van der Waals surface area contributed by atoms with Crippen LogP contribution >= 0.6 is 0 Å². The molecule has 0 radical (unpaired) electrons. The first kappa shape index (κ1) is 33.7. The van der Waals surface area contributed by atoms with Crippen LogP contribution in [0.3, 0.4) is 0 Å². The fourth-order valence-electron chi connectivity index (χ4n) is 4.20. The van der Waals surface area contributed by atoms with Crippen LogP contribution in [0.25, 0.3) is 0 Å². The molecule has 226 valence electrons. The van der Waals surface area contributed by atoms with E-state index in [1.165, 1.54) is 0 Å². The summed E-state index contributed by atoms with van der Waals surface area (Å²) in [6.45, 7) is 4.77. The number of aliphatic hydroxyl groups is 1. The van der Waals surface area contributed by atoms with Crippen LogP contribution in [0.1, 0.15) is 34.6 Å². The first-order valence-electron chi connectivity index (χ1n) is 12.3. The van der Waals surface area contributed by atoms with Crippen LogP contribution in [0.5, 0.6) is 0 Å². The van der Waals surface area contributed by atoms with Crippen molar-refractivity contribution >= 4 is 55.2 Å². The van der Waals surface area contributed by atoms with Crippen LogP contribution in [0.15, 0.2) is 30.3 Å². The Kier molecular flexibility index (Phi) is 12.3. The number of carbonyl (C=O) groups excluding carboxylic acids is 6. The SMILES string of the molecule is COC(=O)[C@@]1(O)O[C@@H]([C@H](OC(C)=O)[C@@H](COC(C)=O)OC(C)=O)[C@H](NC(C)=O)[C@@H](OC(C)=O)[C@@H]1[Se]c1ccccc1. The second-order valence-electron chi connectivity index (χ2n) is 8.95. The third-order valence-electron chi connectivity index (χ3n) is 5.62. The van der Waals surface area contributed by atoms with Gasteiger partial charge in [0.1, 0.15) is 0 Å². The maximum absolute atomic E-state index is 13.1. The van der Waals surface area contributed by atoms with Crippen molar-refractivity contribution in [3.63, 3.8) is 0 Å². The zero-order chi connectivity index (χ0) is 30.9. The van der Waals surface area contributed by atoms with Gasteiger partial charge < -0.3 is 0 Å². The molecule has 1 aromatic rings. The Labute approximate surface area is 242 Å². The summed E-state index contributed by atoms with van der Waals surface area (Å²) in [5, 5.41) is 14.4. The number of carbonyl (C=O) groups is 6. The molecule has 1 heterocycles. The molecule has 0 aromatic heterocycles. The van der Waals surface area contributed by atoms with E-state index < -0.39 is 98.4 Å². The molecule has 14 nitrogen and oxygen atoms in total. The van der Waals surface area contributed by atoms with Crippen molar-refractivity contribution in [2.75, 3.05) is 13.7 Å². The second kappa shape index (κ2) is 14.9. The average molecular weight is 647 g/mol. The van der Waals surface area contributed by atoms with E-state index in [4.69, 9.17) is 28.4 Å². The Hall–Kier alpha value is -3.52. The number of hydrogen-bond donors (Lipinski definition) is 2. The monoisotopic (exact) mass is 647 g/mol. The van der Waals surface area contributed by atoms with E-state index in [0.717, 1.165) is 41.7 Å². The van der Waals surface area contributed by atoms with E-state index >= 15 is 0 Å². The van der Waals surface area contributed by atoms with Crippen LogP contribution in [-0.4, -0.2) is 106 Å². The summed E-state index contributed by atoms with van der Waals surface area (Å²) < 4.78 is 32.8. The normalized spacial score (nSPS) is 25.0. The third-order valence-corrected chi connectivity index (χ3v) is 8.53. The van der Waals surface area contributed by atoms with Gasteiger partial charge in [-0.2, -0.15) is 0 Å². The fourth-order valence-corrected chi connectivity index (χ4v) is 6.88. The van der Waals surface area contributed by atoms with Gasteiger partial charge >= 0.3 is 243 Å². The van der Waals surface area contributed by atoms with Crippen LogP contribution < -0.4 is 9.78 Å². The van der Waals surface area contributed by atoms with Gasteiger partial charge in [0.05, 0.1) is 0 Å². The molecule has 0 bridgehead atoms. The van der Waals surface area contributed by atoms with Gasteiger partial charge in [0.25, 0.3) is 0 Å². The molecule has 1 aliphatic rings. The summed E-state index contributed by atoms with van der Waals surface area (Å²) in [7, 11) is 0.998. The van der Waals surface area contributed by atoms with Crippen molar-refractivity contribution in [1.29, 1.82) is 0 Å². The third kappa shape index (κ3) is 9.25. The molecule has 0 aliphatic carbocycles. The molecule has 2 N–H and O–H groups in total. The molecule has 1 aromatic carbocycles. The number of benzene rings is 1. The second-order valence-corrected chi connectivity index (χ2v) is 11.5. The number of ether oxygens (including phenoxy) is 6. The Balaban J connectivity index is 2.79. The van der Waals surface area contributed by atoms with E-state index in [0.29, 0.717) is 4.46 Å². The molecule has 0 saturated carbocycles. The van der Waals surface area contributed by atoms with Crippen molar-refractivity contribution in [1.82, 2.24) is 5.32 Å². The standard InChI is InChI=1S/C26H33NO13Se/c1-13(28)27-20-22(21(38-16(4)31)19(37-15(3)30)12-36-14(2)29)40-26(34,25(33)35-6)24(23(20)39-17(5)32)41-18-10-8-7-9-11-18/h7-11,19-24,34H,12H2,1-6H3,(H,27,28)/t19-,20+,21-,22-,23-,24+,26+/m1/s1. The summed E-state index contributed by atoms with van der Waals surface area (Å²) in [5.41, 5.74) is 0. The molecule has 1 fully saturated rings. The average Bonchev–Trinajstić information content (AvgIpc) is 2.88. The topological polar surface area (TPSA) is 190 Å². The van der Waals surface area contributed by atoms with Crippen LogP contribution in [0.2, 0.25) is 4.82 Å². The molecule has 1 amide bonds. The van der Waals surface area contributed by atoms with Crippen LogP contribution in [0, 0.1) is 0 Å². The van der Waals surface area contributed by atoms with Gasteiger partial charge in [0, 0.05) is 0 Å². The summed E-state index contributed by atoms with van der Waals surface area (Å²) in [6.07, 6.45) is -6.41. The summed E-state index contributed by atoms with van der Waals surface area (Å²) >= 11 is -0.851. The molecule has 1 aliphatic heterocycles. The fraction of sp³-hybridized carbons (Fsp3) is 0.538. The quantitative estimate of drug-likeness (QED) is 0.168. The number of esters is 5. The first-order valence-corrected chi connectivity index (χ1v) is 14.2. The Morgan fingerprint density at radius 2 is 1.56 bits per heavy atom. The molecule has 0 unspecified atom stereocenters. The summed E-state index contributed by atoms with van der Waals surface area (Å²) in [6, 6.07) is 7.27. The van der Waals surface area contributed by atoms with Crippen molar-refractivity contribution in [3.05, 3.63) is 30.3 Å². The molecule has 7 atom stereocenters. The zero-order valence-corrected chi connectivity index (χ0v) is 25.0. The maximum atomic E-state index is 13.1. The predicted molar refractivity (Wildman–Crippen MR) is 138 cm³/mol. The van der Waals surface area contributed by atoms with Gasteiger partial charge in [0.2, 0.25) is 0 Å². The van der Waals surface area contributed by atoms with Crippen molar-refractivity contribution in [2.24, 2.45) is 0 Å². The first-order chi connectivity index (χ1) is 19.2. The number of methoxy groups -OCH3 is 1. The molecular formula is C26H33NO13Se. The van der Waals surface area contributed by atoms with Crippen LogP contribution in [-0.2, 0) is 57.2 Å². The number of hydrogen-bond acceptors (Lipinski definition) is 13.